The lowest BCUT2D eigenvalue weighted by Gasteiger charge is -2.07. The topological polar surface area (TPSA) is 104 Å². The molecule has 0 aliphatic carbocycles. The molecule has 0 saturated heterocycles. The molecule has 0 fully saturated rings. The SMILES string of the molecule is C.C.C.C.CC(C)c1cnoc1C(C)C.CC(C)c1conc1C(C)C.Cc1noc(C(C)C)c1C(C)C.Cc1onc(C(C)C)c1C(C)C. The van der Waals surface area contributed by atoms with Gasteiger partial charge in [0.1, 0.15) is 23.5 Å². The van der Waals surface area contributed by atoms with Crippen LogP contribution in [0.2, 0.25) is 0 Å². The van der Waals surface area contributed by atoms with Crippen molar-refractivity contribution in [3.63, 3.8) is 0 Å². The summed E-state index contributed by atoms with van der Waals surface area (Å²) >= 11 is 0. The van der Waals surface area contributed by atoms with Crippen molar-refractivity contribution in [3.8, 4) is 0 Å². The molecule has 4 rings (SSSR count). The van der Waals surface area contributed by atoms with E-state index in [9.17, 15) is 0 Å². The Labute approximate surface area is 308 Å². The second-order valence-electron chi connectivity index (χ2n) is 14.6. The van der Waals surface area contributed by atoms with Gasteiger partial charge in [-0.05, 0) is 49.4 Å². The Morgan fingerprint density at radius 1 is 0.440 bits per heavy atom. The Morgan fingerprint density at radius 3 is 1.24 bits per heavy atom. The lowest BCUT2D eigenvalue weighted by molar-refractivity contribution is 0.365. The molecule has 0 aliphatic rings. The zero-order chi connectivity index (χ0) is 35.5. The first-order valence-electron chi connectivity index (χ1n) is 17.1. The molecule has 0 saturated carbocycles. The number of hydrogen-bond acceptors (Lipinski definition) is 8. The predicted octanol–water partition coefficient (Wildman–Crippen LogP) is 14.8. The van der Waals surface area contributed by atoms with Crippen LogP contribution in [0, 0.1) is 13.8 Å². The maximum atomic E-state index is 5.27. The van der Waals surface area contributed by atoms with Crippen molar-refractivity contribution in [2.75, 3.05) is 0 Å². The van der Waals surface area contributed by atoms with E-state index in [0.717, 1.165) is 34.4 Å². The van der Waals surface area contributed by atoms with Crippen LogP contribution >= 0.6 is 0 Å². The number of aromatic nitrogens is 4. The molecule has 0 amide bonds. The second kappa shape index (κ2) is 24.9. The first kappa shape index (κ1) is 53.6. The van der Waals surface area contributed by atoms with E-state index in [1.165, 1.54) is 22.3 Å². The molecular weight excluding hydrogens is 624 g/mol. The minimum Gasteiger partial charge on any atom is -0.364 e. The standard InChI is InChI=1S/2C10H17NO.2C9H15NO.4CH4/c1-6(2)9-8(5)12-11-10(9)7(3)4;1-6(2)9-8(5)11-12-10(9)7(3)4;1-6(2)8-5-11-10-9(8)7(3)4;1-6(2)8-5-10-11-9(8)7(3)4;;;;/h2*6-7H,1-5H3;2*5-7H,1-4H3;4*1H4. The van der Waals surface area contributed by atoms with Crippen LogP contribution in [0.1, 0.15) is 244 Å². The maximum absolute atomic E-state index is 5.27. The van der Waals surface area contributed by atoms with E-state index in [1.807, 2.05) is 20.0 Å². The van der Waals surface area contributed by atoms with Crippen molar-refractivity contribution in [1.82, 2.24) is 20.6 Å². The van der Waals surface area contributed by atoms with Gasteiger partial charge in [0.2, 0.25) is 0 Å². The normalized spacial score (nSPS) is 10.6. The summed E-state index contributed by atoms with van der Waals surface area (Å²) in [5, 5.41) is 15.8. The van der Waals surface area contributed by atoms with E-state index >= 15 is 0 Å². The predicted molar refractivity (Wildman–Crippen MR) is 215 cm³/mol. The third-order valence-electron chi connectivity index (χ3n) is 7.67. The Morgan fingerprint density at radius 2 is 0.920 bits per heavy atom. The fourth-order valence-electron chi connectivity index (χ4n) is 5.28. The number of rotatable bonds is 8. The molecule has 0 atom stereocenters. The minimum atomic E-state index is 0. The second-order valence-corrected chi connectivity index (χ2v) is 14.6. The van der Waals surface area contributed by atoms with Gasteiger partial charge >= 0.3 is 0 Å². The Kier molecular flexibility index (Phi) is 26.7. The van der Waals surface area contributed by atoms with Crippen LogP contribution in [0.25, 0.3) is 0 Å². The average Bonchev–Trinajstić information content (AvgIpc) is 3.74. The van der Waals surface area contributed by atoms with E-state index in [0.29, 0.717) is 47.3 Å². The maximum Gasteiger partial charge on any atom is 0.142 e. The average molecular weight is 705 g/mol. The van der Waals surface area contributed by atoms with Gasteiger partial charge in [0.15, 0.2) is 0 Å². The van der Waals surface area contributed by atoms with Crippen molar-refractivity contribution >= 4 is 0 Å². The summed E-state index contributed by atoms with van der Waals surface area (Å²) in [5.41, 5.74) is 8.28. The highest BCUT2D eigenvalue weighted by atomic mass is 16.5. The Balaban J connectivity index is -0.000000275. The van der Waals surface area contributed by atoms with Crippen molar-refractivity contribution in [2.45, 2.75) is 202 Å². The van der Waals surface area contributed by atoms with Gasteiger partial charge in [-0.1, -0.05) is 161 Å². The molecule has 0 radical (unpaired) electrons. The van der Waals surface area contributed by atoms with E-state index in [2.05, 4.69) is 131 Å². The summed E-state index contributed by atoms with van der Waals surface area (Å²) in [7, 11) is 0. The molecule has 8 heteroatoms. The van der Waals surface area contributed by atoms with Crippen molar-refractivity contribution in [3.05, 3.63) is 69.1 Å². The van der Waals surface area contributed by atoms with E-state index < -0.39 is 0 Å². The van der Waals surface area contributed by atoms with Crippen LogP contribution < -0.4 is 0 Å². The van der Waals surface area contributed by atoms with Gasteiger partial charge in [0, 0.05) is 34.1 Å². The molecule has 8 nitrogen and oxygen atoms in total. The van der Waals surface area contributed by atoms with Gasteiger partial charge in [0.25, 0.3) is 0 Å². The third-order valence-corrected chi connectivity index (χ3v) is 7.67. The molecule has 0 aliphatic heterocycles. The van der Waals surface area contributed by atoms with Gasteiger partial charge in [-0.3, -0.25) is 0 Å². The van der Waals surface area contributed by atoms with E-state index in [1.54, 1.807) is 6.26 Å². The zero-order valence-electron chi connectivity index (χ0n) is 32.2. The highest BCUT2D eigenvalue weighted by molar-refractivity contribution is 5.28. The zero-order valence-corrected chi connectivity index (χ0v) is 32.2. The third kappa shape index (κ3) is 15.4. The number of aryl methyl sites for hydroxylation is 2. The minimum absolute atomic E-state index is 0. The summed E-state index contributed by atoms with van der Waals surface area (Å²) < 4.78 is 20.5. The molecule has 0 bridgehead atoms. The van der Waals surface area contributed by atoms with Crippen LogP contribution in [-0.2, 0) is 0 Å². The molecule has 0 aromatic carbocycles. The Hall–Kier alpha value is -3.16. The van der Waals surface area contributed by atoms with Gasteiger partial charge in [-0.2, -0.15) is 0 Å². The van der Waals surface area contributed by atoms with Crippen LogP contribution in [0.3, 0.4) is 0 Å². The quantitative estimate of drug-likeness (QED) is 0.178. The first-order chi connectivity index (χ1) is 21.3. The van der Waals surface area contributed by atoms with Crippen LogP contribution in [0.15, 0.2) is 30.6 Å². The highest BCUT2D eigenvalue weighted by Crippen LogP contribution is 2.29. The molecule has 50 heavy (non-hydrogen) atoms. The number of hydrogen-bond donors (Lipinski definition) is 0. The summed E-state index contributed by atoms with van der Waals surface area (Å²) in [6.07, 6.45) is 3.57. The molecule has 292 valence electrons. The van der Waals surface area contributed by atoms with Crippen LogP contribution in [-0.4, -0.2) is 20.6 Å². The molecule has 4 heterocycles. The van der Waals surface area contributed by atoms with E-state index in [4.69, 9.17) is 18.1 Å². The monoisotopic (exact) mass is 705 g/mol. The fourth-order valence-corrected chi connectivity index (χ4v) is 5.28. The van der Waals surface area contributed by atoms with Gasteiger partial charge in [-0.15, -0.1) is 0 Å². The van der Waals surface area contributed by atoms with Crippen molar-refractivity contribution < 1.29 is 18.1 Å². The molecule has 0 unspecified atom stereocenters. The summed E-state index contributed by atoms with van der Waals surface area (Å²) in [6.45, 7) is 38.3. The Bertz CT molecular complexity index is 1250. The van der Waals surface area contributed by atoms with Gasteiger partial charge in [-0.25, -0.2) is 0 Å². The van der Waals surface area contributed by atoms with Crippen LogP contribution in [0.4, 0.5) is 0 Å². The molecule has 4 aromatic heterocycles. The first-order valence-corrected chi connectivity index (χ1v) is 17.1. The van der Waals surface area contributed by atoms with Crippen molar-refractivity contribution in [2.24, 2.45) is 0 Å². The molecule has 0 spiro atoms. The smallest absolute Gasteiger partial charge is 0.142 e. The summed E-state index contributed by atoms with van der Waals surface area (Å²) in [6, 6.07) is 0. The van der Waals surface area contributed by atoms with E-state index in [-0.39, 0.29) is 29.7 Å². The summed E-state index contributed by atoms with van der Waals surface area (Å²) in [5.74, 6) is 6.88. The van der Waals surface area contributed by atoms with Gasteiger partial charge in [0.05, 0.1) is 23.3 Å². The lowest BCUT2D eigenvalue weighted by Crippen LogP contribution is -1.97. The fraction of sp³-hybridized carbons (Fsp3) is 0.714. The highest BCUT2D eigenvalue weighted by Gasteiger charge is 2.19. The molecular formula is C42H80N4O4. The lowest BCUT2D eigenvalue weighted by atomic mass is 9.96. The van der Waals surface area contributed by atoms with Crippen molar-refractivity contribution in [1.29, 1.82) is 0 Å². The summed E-state index contributed by atoms with van der Waals surface area (Å²) in [4.78, 5) is 0. The van der Waals surface area contributed by atoms with Crippen LogP contribution in [0.5, 0.6) is 0 Å². The van der Waals surface area contributed by atoms with Gasteiger partial charge < -0.3 is 18.1 Å². The largest absolute Gasteiger partial charge is 0.364 e. The molecule has 0 N–H and O–H groups in total. The molecule has 4 aromatic rings. The number of nitrogens with zero attached hydrogens (tertiary/aromatic N) is 4.